The van der Waals surface area contributed by atoms with Crippen molar-refractivity contribution in [2.24, 2.45) is 0 Å². The zero-order valence-corrected chi connectivity index (χ0v) is 9.25. The summed E-state index contributed by atoms with van der Waals surface area (Å²) in [4.78, 5) is 10.3. The number of rotatable bonds is 5. The summed E-state index contributed by atoms with van der Waals surface area (Å²) in [6.45, 7) is 1.57. The third-order valence-corrected chi connectivity index (χ3v) is 3.21. The zero-order chi connectivity index (χ0) is 11.3. The first kappa shape index (κ1) is 11.7. The van der Waals surface area contributed by atoms with Crippen LogP contribution in [0.1, 0.15) is 12.5 Å². The number of benzene rings is 1. The third kappa shape index (κ3) is 3.71. The lowest BCUT2D eigenvalue weighted by atomic mass is 10.1. The molecule has 0 amide bonds. The van der Waals surface area contributed by atoms with E-state index in [4.69, 9.17) is 0 Å². The van der Waals surface area contributed by atoms with Crippen molar-refractivity contribution in [1.82, 2.24) is 0 Å². The van der Waals surface area contributed by atoms with Gasteiger partial charge in [0.15, 0.2) is 0 Å². The lowest BCUT2D eigenvalue weighted by molar-refractivity contribution is -0.107. The molecule has 0 aromatic heterocycles. The van der Waals surface area contributed by atoms with Crippen LogP contribution in [0.4, 0.5) is 5.69 Å². The molecule has 0 bridgehead atoms. The molecule has 0 radical (unpaired) electrons. The monoisotopic (exact) mass is 227 g/mol. The van der Waals surface area contributed by atoms with Crippen LogP contribution in [0.25, 0.3) is 0 Å². The van der Waals surface area contributed by atoms with E-state index in [9.17, 15) is 13.2 Å². The van der Waals surface area contributed by atoms with E-state index in [1.165, 1.54) is 0 Å². The fourth-order valence-corrected chi connectivity index (χ4v) is 1.74. The molecule has 82 valence electrons. The van der Waals surface area contributed by atoms with E-state index in [-0.39, 0.29) is 5.75 Å². The molecule has 0 heterocycles. The Morgan fingerprint density at radius 3 is 2.73 bits per heavy atom. The van der Waals surface area contributed by atoms with Gasteiger partial charge < -0.3 is 4.79 Å². The molecular formula is C10H13NO3S. The van der Waals surface area contributed by atoms with Crippen LogP contribution < -0.4 is 4.72 Å². The fraction of sp³-hybridized carbons (Fsp3) is 0.300. The molecular weight excluding hydrogens is 214 g/mol. The number of aldehydes is 1. The smallest absolute Gasteiger partial charge is 0.232 e. The number of anilines is 1. The van der Waals surface area contributed by atoms with Crippen LogP contribution in [-0.2, 0) is 21.2 Å². The molecule has 0 saturated heterocycles. The van der Waals surface area contributed by atoms with Crippen LogP contribution >= 0.6 is 0 Å². The summed E-state index contributed by atoms with van der Waals surface area (Å²) in [5.74, 6) is 0.0326. The van der Waals surface area contributed by atoms with E-state index < -0.39 is 10.0 Å². The van der Waals surface area contributed by atoms with Crippen molar-refractivity contribution in [3.05, 3.63) is 29.8 Å². The molecule has 1 N–H and O–H groups in total. The van der Waals surface area contributed by atoms with Crippen molar-refractivity contribution in [2.45, 2.75) is 13.3 Å². The Labute approximate surface area is 89.4 Å². The summed E-state index contributed by atoms with van der Waals surface area (Å²) >= 11 is 0. The van der Waals surface area contributed by atoms with Crippen molar-refractivity contribution < 1.29 is 13.2 Å². The lowest BCUT2D eigenvalue weighted by Crippen LogP contribution is -2.14. The Hall–Kier alpha value is -1.36. The van der Waals surface area contributed by atoms with E-state index in [2.05, 4.69) is 4.72 Å². The second-order valence-corrected chi connectivity index (χ2v) is 5.09. The summed E-state index contributed by atoms with van der Waals surface area (Å²) in [6, 6.07) is 6.80. The zero-order valence-electron chi connectivity index (χ0n) is 8.43. The highest BCUT2D eigenvalue weighted by molar-refractivity contribution is 7.92. The van der Waals surface area contributed by atoms with Gasteiger partial charge >= 0.3 is 0 Å². The highest BCUT2D eigenvalue weighted by Gasteiger charge is 2.06. The van der Waals surface area contributed by atoms with Crippen molar-refractivity contribution in [3.63, 3.8) is 0 Å². The standard InChI is InChI=1S/C10H13NO3S/c1-2-15(13,14)11-10-5-3-4-9(8-10)6-7-12/h3-5,7-8,11H,2,6H2,1H3. The number of hydrogen-bond donors (Lipinski definition) is 1. The van der Waals surface area contributed by atoms with Crippen LogP contribution in [0.15, 0.2) is 24.3 Å². The maximum Gasteiger partial charge on any atom is 0.232 e. The first-order chi connectivity index (χ1) is 7.07. The number of sulfonamides is 1. The van der Waals surface area contributed by atoms with E-state index in [1.807, 2.05) is 0 Å². The first-order valence-electron chi connectivity index (χ1n) is 4.60. The minimum Gasteiger partial charge on any atom is -0.303 e. The summed E-state index contributed by atoms with van der Waals surface area (Å²) in [5, 5.41) is 0. The topological polar surface area (TPSA) is 63.2 Å². The van der Waals surface area contributed by atoms with E-state index >= 15 is 0 Å². The highest BCUT2D eigenvalue weighted by atomic mass is 32.2. The molecule has 1 rings (SSSR count). The molecule has 0 atom stereocenters. The van der Waals surface area contributed by atoms with Gasteiger partial charge in [-0.2, -0.15) is 0 Å². The lowest BCUT2D eigenvalue weighted by Gasteiger charge is -2.06. The molecule has 0 unspecified atom stereocenters. The van der Waals surface area contributed by atoms with Gasteiger partial charge in [-0.1, -0.05) is 12.1 Å². The van der Waals surface area contributed by atoms with Gasteiger partial charge in [0.05, 0.1) is 5.75 Å². The summed E-state index contributed by atoms with van der Waals surface area (Å²) in [5.41, 5.74) is 1.29. The SMILES string of the molecule is CCS(=O)(=O)Nc1cccc(CC=O)c1. The van der Waals surface area contributed by atoms with Crippen LogP contribution in [0.3, 0.4) is 0 Å². The Morgan fingerprint density at radius 1 is 1.40 bits per heavy atom. The van der Waals surface area contributed by atoms with Crippen LogP contribution in [0, 0.1) is 0 Å². The quantitative estimate of drug-likeness (QED) is 0.768. The van der Waals surface area contributed by atoms with E-state index in [1.54, 1.807) is 31.2 Å². The normalized spacial score (nSPS) is 11.0. The van der Waals surface area contributed by atoms with Crippen molar-refractivity contribution in [2.75, 3.05) is 10.5 Å². The molecule has 0 spiro atoms. The number of carbonyl (C=O) groups is 1. The first-order valence-corrected chi connectivity index (χ1v) is 6.25. The van der Waals surface area contributed by atoms with E-state index in [0.717, 1.165) is 11.8 Å². The van der Waals surface area contributed by atoms with Gasteiger partial charge in [-0.3, -0.25) is 4.72 Å². The van der Waals surface area contributed by atoms with Gasteiger partial charge in [-0.05, 0) is 24.6 Å². The molecule has 0 fully saturated rings. The molecule has 0 aliphatic rings. The van der Waals surface area contributed by atoms with Gasteiger partial charge in [0.1, 0.15) is 6.29 Å². The van der Waals surface area contributed by atoms with Crippen molar-refractivity contribution in [3.8, 4) is 0 Å². The van der Waals surface area contributed by atoms with Crippen LogP contribution in [-0.4, -0.2) is 20.5 Å². The highest BCUT2D eigenvalue weighted by Crippen LogP contribution is 2.12. The summed E-state index contributed by atoms with van der Waals surface area (Å²) in [6.07, 6.45) is 1.08. The molecule has 0 saturated carbocycles. The fourth-order valence-electron chi connectivity index (χ4n) is 1.11. The molecule has 5 heteroatoms. The van der Waals surface area contributed by atoms with E-state index in [0.29, 0.717) is 12.1 Å². The largest absolute Gasteiger partial charge is 0.303 e. The average molecular weight is 227 g/mol. The Balaban J connectivity index is 2.87. The third-order valence-electron chi connectivity index (χ3n) is 1.90. The molecule has 0 aliphatic heterocycles. The Kier molecular flexibility index (Phi) is 3.85. The Morgan fingerprint density at radius 2 is 2.13 bits per heavy atom. The van der Waals surface area contributed by atoms with Gasteiger partial charge in [0.25, 0.3) is 0 Å². The molecule has 1 aromatic carbocycles. The second-order valence-electron chi connectivity index (χ2n) is 3.08. The summed E-state index contributed by atoms with van der Waals surface area (Å²) < 4.78 is 24.9. The molecule has 15 heavy (non-hydrogen) atoms. The Bertz CT molecular complexity index is 440. The second kappa shape index (κ2) is 4.93. The summed E-state index contributed by atoms with van der Waals surface area (Å²) in [7, 11) is -3.24. The number of hydrogen-bond acceptors (Lipinski definition) is 3. The minimum absolute atomic E-state index is 0.0326. The average Bonchev–Trinajstić information content (AvgIpc) is 2.18. The van der Waals surface area contributed by atoms with Gasteiger partial charge in [-0.25, -0.2) is 8.42 Å². The molecule has 1 aromatic rings. The van der Waals surface area contributed by atoms with Crippen LogP contribution in [0.2, 0.25) is 0 Å². The predicted molar refractivity (Wildman–Crippen MR) is 59.3 cm³/mol. The number of carbonyl (C=O) groups excluding carboxylic acids is 1. The van der Waals surface area contributed by atoms with Crippen LogP contribution in [0.5, 0.6) is 0 Å². The van der Waals surface area contributed by atoms with Crippen molar-refractivity contribution in [1.29, 1.82) is 0 Å². The van der Waals surface area contributed by atoms with Gasteiger partial charge in [0, 0.05) is 12.1 Å². The predicted octanol–water partition coefficient (Wildman–Crippen LogP) is 1.19. The maximum atomic E-state index is 11.3. The maximum absolute atomic E-state index is 11.3. The van der Waals surface area contributed by atoms with Gasteiger partial charge in [0.2, 0.25) is 10.0 Å². The molecule has 4 nitrogen and oxygen atoms in total. The van der Waals surface area contributed by atoms with Crippen molar-refractivity contribution >= 4 is 22.0 Å². The van der Waals surface area contributed by atoms with Gasteiger partial charge in [-0.15, -0.1) is 0 Å². The minimum atomic E-state index is -3.24. The molecule has 0 aliphatic carbocycles. The number of nitrogens with one attached hydrogen (secondary N) is 1.